The fourth-order valence-corrected chi connectivity index (χ4v) is 3.78. The molecular weight excluding hydrogens is 368 g/mol. The van der Waals surface area contributed by atoms with Crippen molar-refractivity contribution in [3.8, 4) is 11.5 Å². The Morgan fingerprint density at radius 3 is 2.63 bits per heavy atom. The summed E-state index contributed by atoms with van der Waals surface area (Å²) in [5, 5.41) is 9.70. The lowest BCUT2D eigenvalue weighted by molar-refractivity contribution is -0.140. The molecule has 0 spiro atoms. The van der Waals surface area contributed by atoms with Crippen molar-refractivity contribution in [3.63, 3.8) is 0 Å². The summed E-state index contributed by atoms with van der Waals surface area (Å²) in [5.41, 5.74) is 2.99. The van der Waals surface area contributed by atoms with Gasteiger partial charge in [-0.15, -0.1) is 0 Å². The van der Waals surface area contributed by atoms with Crippen LogP contribution in [0, 0.1) is 0 Å². The van der Waals surface area contributed by atoms with E-state index in [-0.39, 0.29) is 12.5 Å². The van der Waals surface area contributed by atoms with Crippen LogP contribution in [0.1, 0.15) is 48.7 Å². The highest BCUT2D eigenvalue weighted by atomic mass is 35.5. The topological polar surface area (TPSA) is 65.0 Å². The summed E-state index contributed by atoms with van der Waals surface area (Å²) in [6, 6.07) is 11.3. The van der Waals surface area contributed by atoms with Crippen molar-refractivity contribution in [1.82, 2.24) is 0 Å². The molecule has 0 radical (unpaired) electrons. The molecule has 6 heteroatoms. The number of halogens is 1. The standard InChI is InChI=1S/C21H23ClO5/c1-3-26-19(12-20(23)24)13-4-6-14(7-5-13)27-17-10-9-16-15(17)8-11-18(25-2)21(16)22/h4-8,11,17,19H,3,9-10,12H2,1-2H3,(H,23,24)/t17?,19-/m0/s1. The van der Waals surface area contributed by atoms with Gasteiger partial charge in [0.15, 0.2) is 0 Å². The summed E-state index contributed by atoms with van der Waals surface area (Å²) in [6.45, 7) is 2.31. The van der Waals surface area contributed by atoms with Crippen molar-refractivity contribution in [3.05, 3.63) is 58.1 Å². The summed E-state index contributed by atoms with van der Waals surface area (Å²) in [7, 11) is 1.61. The number of rotatable bonds is 8. The highest BCUT2D eigenvalue weighted by Gasteiger charge is 2.27. The Morgan fingerprint density at radius 2 is 2.00 bits per heavy atom. The predicted molar refractivity (Wildman–Crippen MR) is 103 cm³/mol. The van der Waals surface area contributed by atoms with Gasteiger partial charge < -0.3 is 19.3 Å². The largest absolute Gasteiger partial charge is 0.495 e. The lowest BCUT2D eigenvalue weighted by atomic mass is 10.1. The fraction of sp³-hybridized carbons (Fsp3) is 0.381. The zero-order valence-corrected chi connectivity index (χ0v) is 16.2. The third-order valence-corrected chi connectivity index (χ3v) is 5.14. The zero-order chi connectivity index (χ0) is 19.4. The smallest absolute Gasteiger partial charge is 0.306 e. The minimum Gasteiger partial charge on any atom is -0.495 e. The summed E-state index contributed by atoms with van der Waals surface area (Å²) < 4.78 is 17.0. The van der Waals surface area contributed by atoms with E-state index in [1.807, 2.05) is 43.3 Å². The Morgan fingerprint density at radius 1 is 1.26 bits per heavy atom. The molecule has 3 rings (SSSR count). The van der Waals surface area contributed by atoms with E-state index < -0.39 is 12.1 Å². The number of aliphatic carboxylic acids is 1. The summed E-state index contributed by atoms with van der Waals surface area (Å²) >= 11 is 6.41. The molecule has 1 aliphatic rings. The molecule has 2 aromatic rings. The SMILES string of the molecule is CCO[C@@H](CC(=O)O)c1ccc(OC2CCc3c2ccc(OC)c3Cl)cc1. The van der Waals surface area contributed by atoms with Crippen LogP contribution in [0.4, 0.5) is 0 Å². The van der Waals surface area contributed by atoms with Gasteiger partial charge in [-0.1, -0.05) is 29.8 Å². The number of hydrogen-bond acceptors (Lipinski definition) is 4. The van der Waals surface area contributed by atoms with Gasteiger partial charge in [-0.3, -0.25) is 4.79 Å². The number of hydrogen-bond donors (Lipinski definition) is 1. The Bertz CT molecular complexity index is 803. The van der Waals surface area contributed by atoms with Gasteiger partial charge in [-0.2, -0.15) is 0 Å². The van der Waals surface area contributed by atoms with E-state index in [1.54, 1.807) is 7.11 Å². The third kappa shape index (κ3) is 4.37. The van der Waals surface area contributed by atoms with Gasteiger partial charge in [0.25, 0.3) is 0 Å². The van der Waals surface area contributed by atoms with Crippen molar-refractivity contribution in [1.29, 1.82) is 0 Å². The van der Waals surface area contributed by atoms with Crippen molar-refractivity contribution in [2.24, 2.45) is 0 Å². The third-order valence-electron chi connectivity index (χ3n) is 4.73. The number of fused-ring (bicyclic) bond motifs is 1. The highest BCUT2D eigenvalue weighted by molar-refractivity contribution is 6.33. The van der Waals surface area contributed by atoms with Crippen LogP contribution in [0.25, 0.3) is 0 Å². The van der Waals surface area contributed by atoms with Gasteiger partial charge in [-0.05, 0) is 54.7 Å². The van der Waals surface area contributed by atoms with E-state index in [0.29, 0.717) is 17.4 Å². The minimum absolute atomic E-state index is 0.0593. The van der Waals surface area contributed by atoms with E-state index >= 15 is 0 Å². The molecule has 0 aromatic heterocycles. The molecule has 0 bridgehead atoms. The van der Waals surface area contributed by atoms with Crippen LogP contribution in [0.15, 0.2) is 36.4 Å². The monoisotopic (exact) mass is 390 g/mol. The van der Waals surface area contributed by atoms with Gasteiger partial charge in [0.1, 0.15) is 17.6 Å². The second kappa shape index (κ2) is 8.63. The van der Waals surface area contributed by atoms with Gasteiger partial charge in [0, 0.05) is 6.61 Å². The van der Waals surface area contributed by atoms with Crippen LogP contribution in [0.2, 0.25) is 5.02 Å². The van der Waals surface area contributed by atoms with E-state index in [0.717, 1.165) is 35.3 Å². The number of ether oxygens (including phenoxy) is 3. The first-order chi connectivity index (χ1) is 13.0. The van der Waals surface area contributed by atoms with Gasteiger partial charge in [0.05, 0.1) is 24.7 Å². The first-order valence-electron chi connectivity index (χ1n) is 8.98. The number of carbonyl (C=O) groups is 1. The molecule has 0 heterocycles. The molecule has 2 atom stereocenters. The lowest BCUT2D eigenvalue weighted by Crippen LogP contribution is -2.10. The molecule has 2 aromatic carbocycles. The first-order valence-corrected chi connectivity index (χ1v) is 9.36. The normalized spacial score (nSPS) is 16.6. The second-order valence-corrected chi connectivity index (χ2v) is 6.78. The Balaban J connectivity index is 1.73. The summed E-state index contributed by atoms with van der Waals surface area (Å²) in [6.07, 6.45) is 1.12. The van der Waals surface area contributed by atoms with Crippen molar-refractivity contribution >= 4 is 17.6 Å². The first kappa shape index (κ1) is 19.5. The van der Waals surface area contributed by atoms with Crippen LogP contribution >= 0.6 is 11.6 Å². The van der Waals surface area contributed by atoms with Crippen LogP contribution in [0.5, 0.6) is 11.5 Å². The second-order valence-electron chi connectivity index (χ2n) is 6.41. The molecule has 27 heavy (non-hydrogen) atoms. The zero-order valence-electron chi connectivity index (χ0n) is 15.4. The lowest BCUT2D eigenvalue weighted by Gasteiger charge is -2.18. The number of benzene rings is 2. The molecule has 0 aliphatic heterocycles. The molecular formula is C21H23ClO5. The van der Waals surface area contributed by atoms with Crippen molar-refractivity contribution in [2.45, 2.75) is 38.4 Å². The molecule has 5 nitrogen and oxygen atoms in total. The molecule has 1 aliphatic carbocycles. The maximum absolute atomic E-state index is 11.0. The van der Waals surface area contributed by atoms with E-state index in [4.69, 9.17) is 30.9 Å². The molecule has 0 saturated heterocycles. The molecule has 1 N–H and O–H groups in total. The minimum atomic E-state index is -0.886. The van der Waals surface area contributed by atoms with E-state index in [1.165, 1.54) is 0 Å². The van der Waals surface area contributed by atoms with Gasteiger partial charge >= 0.3 is 5.97 Å². The van der Waals surface area contributed by atoms with Crippen LogP contribution < -0.4 is 9.47 Å². The average Bonchev–Trinajstić information content (AvgIpc) is 3.06. The van der Waals surface area contributed by atoms with Gasteiger partial charge in [-0.25, -0.2) is 0 Å². The van der Waals surface area contributed by atoms with Crippen molar-refractivity contribution in [2.75, 3.05) is 13.7 Å². The number of carboxylic acids is 1. The highest BCUT2D eigenvalue weighted by Crippen LogP contribution is 2.42. The predicted octanol–water partition coefficient (Wildman–Crippen LogP) is 4.97. The molecule has 0 fully saturated rings. The summed E-state index contributed by atoms with van der Waals surface area (Å²) in [4.78, 5) is 11.0. The Hall–Kier alpha value is -2.24. The summed E-state index contributed by atoms with van der Waals surface area (Å²) in [5.74, 6) is 0.526. The number of methoxy groups -OCH3 is 1. The average molecular weight is 391 g/mol. The van der Waals surface area contributed by atoms with Crippen LogP contribution in [0.3, 0.4) is 0 Å². The van der Waals surface area contributed by atoms with Gasteiger partial charge in [0.2, 0.25) is 0 Å². The van der Waals surface area contributed by atoms with E-state index in [2.05, 4.69) is 0 Å². The maximum atomic E-state index is 11.0. The molecule has 1 unspecified atom stereocenters. The molecule has 0 saturated carbocycles. The van der Waals surface area contributed by atoms with E-state index in [9.17, 15) is 4.79 Å². The maximum Gasteiger partial charge on any atom is 0.306 e. The van der Waals surface area contributed by atoms with Crippen molar-refractivity contribution < 1.29 is 24.1 Å². The molecule has 0 amide bonds. The van der Waals surface area contributed by atoms with Crippen LogP contribution in [-0.4, -0.2) is 24.8 Å². The molecule has 144 valence electrons. The van der Waals surface area contributed by atoms with Crippen LogP contribution in [-0.2, 0) is 16.0 Å². The Labute approximate surface area is 163 Å². The Kier molecular flexibility index (Phi) is 6.24. The fourth-order valence-electron chi connectivity index (χ4n) is 3.44. The quantitative estimate of drug-likeness (QED) is 0.689. The number of carboxylic acid groups (broad SMARTS) is 1.